The summed E-state index contributed by atoms with van der Waals surface area (Å²) in [7, 11) is -3.98. The molecule has 4 rings (SSSR count). The molecule has 1 aliphatic heterocycles. The molecule has 0 atom stereocenters. The molecule has 2 heterocycles. The summed E-state index contributed by atoms with van der Waals surface area (Å²) < 4.78 is 41.3. The van der Waals surface area contributed by atoms with Gasteiger partial charge in [0.05, 0.1) is 0 Å². The number of halogens is 1. The maximum atomic E-state index is 14.3. The Bertz CT molecular complexity index is 1140. The van der Waals surface area contributed by atoms with Crippen LogP contribution in [0.15, 0.2) is 58.9 Å². The fraction of sp³-hybridized carbons (Fsp3) is 0.238. The molecule has 1 amide bonds. The molecule has 0 bridgehead atoms. The van der Waals surface area contributed by atoms with Crippen LogP contribution in [0.3, 0.4) is 0 Å². The summed E-state index contributed by atoms with van der Waals surface area (Å²) in [4.78, 5) is 16.4. The van der Waals surface area contributed by atoms with E-state index in [9.17, 15) is 17.6 Å². The zero-order valence-corrected chi connectivity index (χ0v) is 17.7. The molecule has 1 saturated heterocycles. The molecule has 3 aromatic rings. The Hall–Kier alpha value is -2.62. The number of amides is 1. The Balaban J connectivity index is 1.54. The number of anilines is 1. The van der Waals surface area contributed by atoms with Crippen LogP contribution < -0.4 is 5.32 Å². The van der Waals surface area contributed by atoms with Crippen molar-refractivity contribution in [3.63, 3.8) is 0 Å². The van der Waals surface area contributed by atoms with Gasteiger partial charge < -0.3 is 5.32 Å². The van der Waals surface area contributed by atoms with Crippen molar-refractivity contribution >= 4 is 33.0 Å². The molecule has 0 aliphatic carbocycles. The Labute approximate surface area is 178 Å². The van der Waals surface area contributed by atoms with Gasteiger partial charge in [0.2, 0.25) is 10.0 Å². The van der Waals surface area contributed by atoms with Gasteiger partial charge in [0.25, 0.3) is 5.91 Å². The van der Waals surface area contributed by atoms with Crippen LogP contribution >= 0.6 is 11.3 Å². The number of rotatable bonds is 5. The zero-order chi connectivity index (χ0) is 21.1. The van der Waals surface area contributed by atoms with Crippen molar-refractivity contribution < 1.29 is 17.6 Å². The molecular formula is C21H20FN3O3S2. The minimum Gasteiger partial charge on any atom is -0.322 e. The highest BCUT2D eigenvalue weighted by Crippen LogP contribution is 2.26. The summed E-state index contributed by atoms with van der Waals surface area (Å²) in [6.45, 7) is 0.729. The average molecular weight is 446 g/mol. The molecule has 156 valence electrons. The molecule has 30 heavy (non-hydrogen) atoms. The highest BCUT2D eigenvalue weighted by Gasteiger charge is 2.29. The van der Waals surface area contributed by atoms with E-state index < -0.39 is 26.6 Å². The smallest absolute Gasteiger partial charge is 0.255 e. The Morgan fingerprint density at radius 1 is 1.07 bits per heavy atom. The van der Waals surface area contributed by atoms with E-state index in [1.54, 1.807) is 18.3 Å². The first-order valence-corrected chi connectivity index (χ1v) is 11.9. The van der Waals surface area contributed by atoms with Crippen molar-refractivity contribution in [2.75, 3.05) is 18.4 Å². The third-order valence-electron chi connectivity index (χ3n) is 4.95. The molecule has 1 fully saturated rings. The van der Waals surface area contributed by atoms with E-state index in [4.69, 9.17) is 0 Å². The number of carbonyl (C=O) groups excluding carboxylic acids is 1. The standard InChI is InChI=1S/C21H20FN3O3S2/c22-18-9-6-16(14-19(18)30(27,28)25-11-2-1-3-12-25)20(26)24-17-7-4-15(5-8-17)21-23-10-13-29-21/h4-10,13-14H,1-3,11-12H2,(H,24,26). The summed E-state index contributed by atoms with van der Waals surface area (Å²) in [5.74, 6) is -1.36. The highest BCUT2D eigenvalue weighted by atomic mass is 32.2. The topological polar surface area (TPSA) is 79.4 Å². The van der Waals surface area contributed by atoms with Gasteiger partial charge in [-0.25, -0.2) is 17.8 Å². The second-order valence-electron chi connectivity index (χ2n) is 6.98. The average Bonchev–Trinajstić information content (AvgIpc) is 3.30. The van der Waals surface area contributed by atoms with Crippen LogP contribution in [0.2, 0.25) is 0 Å². The number of piperidine rings is 1. The Kier molecular flexibility index (Phi) is 5.94. The van der Waals surface area contributed by atoms with Gasteiger partial charge in [-0.3, -0.25) is 4.79 Å². The largest absolute Gasteiger partial charge is 0.322 e. The number of hydrogen-bond acceptors (Lipinski definition) is 5. The SMILES string of the molecule is O=C(Nc1ccc(-c2nccs2)cc1)c1ccc(F)c(S(=O)(=O)N2CCCCC2)c1. The van der Waals surface area contributed by atoms with Crippen LogP contribution in [0.25, 0.3) is 10.6 Å². The second-order valence-corrected chi connectivity index (χ2v) is 9.78. The van der Waals surface area contributed by atoms with E-state index >= 15 is 0 Å². The number of thiazole rings is 1. The van der Waals surface area contributed by atoms with Gasteiger partial charge in [-0.15, -0.1) is 11.3 Å². The molecule has 2 aromatic carbocycles. The van der Waals surface area contributed by atoms with Crippen LogP contribution in [-0.4, -0.2) is 36.7 Å². The number of hydrogen-bond donors (Lipinski definition) is 1. The number of carbonyl (C=O) groups is 1. The van der Waals surface area contributed by atoms with E-state index in [1.807, 2.05) is 17.5 Å². The van der Waals surface area contributed by atoms with Gasteiger partial charge in [-0.05, 0) is 55.3 Å². The molecule has 6 nitrogen and oxygen atoms in total. The quantitative estimate of drug-likeness (QED) is 0.632. The van der Waals surface area contributed by atoms with Gasteiger partial charge in [0, 0.05) is 41.5 Å². The second kappa shape index (κ2) is 8.63. The van der Waals surface area contributed by atoms with Crippen LogP contribution in [0, 0.1) is 5.82 Å². The van der Waals surface area contributed by atoms with Crippen molar-refractivity contribution in [2.45, 2.75) is 24.2 Å². The molecule has 0 spiro atoms. The molecular weight excluding hydrogens is 425 g/mol. The van der Waals surface area contributed by atoms with Crippen LogP contribution in [0.5, 0.6) is 0 Å². The van der Waals surface area contributed by atoms with E-state index in [2.05, 4.69) is 10.3 Å². The third-order valence-corrected chi connectivity index (χ3v) is 7.68. The van der Waals surface area contributed by atoms with Gasteiger partial charge >= 0.3 is 0 Å². The fourth-order valence-corrected chi connectivity index (χ4v) is 5.60. The molecule has 1 N–H and O–H groups in total. The fourth-order valence-electron chi connectivity index (χ4n) is 3.35. The summed E-state index contributed by atoms with van der Waals surface area (Å²) in [6, 6.07) is 10.6. The van der Waals surface area contributed by atoms with Crippen LogP contribution in [0.4, 0.5) is 10.1 Å². The summed E-state index contributed by atoms with van der Waals surface area (Å²) in [5, 5.41) is 5.48. The molecule has 1 aromatic heterocycles. The maximum Gasteiger partial charge on any atom is 0.255 e. The molecule has 1 aliphatic rings. The van der Waals surface area contributed by atoms with Crippen molar-refractivity contribution in [2.24, 2.45) is 0 Å². The van der Waals surface area contributed by atoms with Crippen LogP contribution in [-0.2, 0) is 10.0 Å². The minimum atomic E-state index is -3.98. The molecule has 9 heteroatoms. The summed E-state index contributed by atoms with van der Waals surface area (Å²) in [5.41, 5.74) is 1.56. The Morgan fingerprint density at radius 2 is 1.80 bits per heavy atom. The Morgan fingerprint density at radius 3 is 2.47 bits per heavy atom. The number of sulfonamides is 1. The van der Waals surface area contributed by atoms with E-state index in [0.717, 1.165) is 42.0 Å². The van der Waals surface area contributed by atoms with Crippen molar-refractivity contribution in [3.05, 3.63) is 65.4 Å². The number of benzene rings is 2. The number of nitrogens with one attached hydrogen (secondary N) is 1. The van der Waals surface area contributed by atoms with Gasteiger partial charge in [0.1, 0.15) is 15.7 Å². The first kappa shape index (κ1) is 20.6. The van der Waals surface area contributed by atoms with Gasteiger partial charge in [-0.1, -0.05) is 6.42 Å². The predicted octanol–water partition coefficient (Wildman–Crippen LogP) is 4.38. The highest BCUT2D eigenvalue weighted by molar-refractivity contribution is 7.89. The third kappa shape index (κ3) is 4.28. The van der Waals surface area contributed by atoms with E-state index in [0.29, 0.717) is 18.8 Å². The van der Waals surface area contributed by atoms with Crippen molar-refractivity contribution in [1.29, 1.82) is 0 Å². The van der Waals surface area contributed by atoms with Gasteiger partial charge in [0.15, 0.2) is 0 Å². The molecule has 0 unspecified atom stereocenters. The first-order chi connectivity index (χ1) is 14.4. The molecule has 0 saturated carbocycles. The number of nitrogens with zero attached hydrogens (tertiary/aromatic N) is 2. The van der Waals surface area contributed by atoms with Crippen molar-refractivity contribution in [1.82, 2.24) is 9.29 Å². The van der Waals surface area contributed by atoms with Crippen molar-refractivity contribution in [3.8, 4) is 10.6 Å². The number of aromatic nitrogens is 1. The lowest BCUT2D eigenvalue weighted by Crippen LogP contribution is -2.36. The van der Waals surface area contributed by atoms with E-state index in [1.165, 1.54) is 21.7 Å². The lowest BCUT2D eigenvalue weighted by molar-refractivity contribution is 0.102. The normalized spacial score (nSPS) is 15.1. The summed E-state index contributed by atoms with van der Waals surface area (Å²) >= 11 is 1.51. The maximum absolute atomic E-state index is 14.3. The predicted molar refractivity (Wildman–Crippen MR) is 115 cm³/mol. The first-order valence-electron chi connectivity index (χ1n) is 9.56. The summed E-state index contributed by atoms with van der Waals surface area (Å²) in [6.07, 6.45) is 4.17. The monoisotopic (exact) mass is 445 g/mol. The molecule has 0 radical (unpaired) electrons. The zero-order valence-electron chi connectivity index (χ0n) is 16.0. The lowest BCUT2D eigenvalue weighted by Gasteiger charge is -2.26. The van der Waals surface area contributed by atoms with Gasteiger partial charge in [-0.2, -0.15) is 4.31 Å². The van der Waals surface area contributed by atoms with E-state index in [-0.39, 0.29) is 5.56 Å². The van der Waals surface area contributed by atoms with Crippen LogP contribution in [0.1, 0.15) is 29.6 Å². The lowest BCUT2D eigenvalue weighted by atomic mass is 10.2. The minimum absolute atomic E-state index is 0.0796.